The summed E-state index contributed by atoms with van der Waals surface area (Å²) in [7, 11) is -3.77. The first-order valence-corrected chi connectivity index (χ1v) is 12.3. The van der Waals surface area contributed by atoms with E-state index < -0.39 is 21.9 Å². The van der Waals surface area contributed by atoms with Gasteiger partial charge in [0.2, 0.25) is 15.9 Å². The maximum Gasteiger partial charge on any atom is 0.267 e. The van der Waals surface area contributed by atoms with Gasteiger partial charge in [-0.05, 0) is 49.7 Å². The lowest BCUT2D eigenvalue weighted by Crippen LogP contribution is -2.46. The molecule has 1 saturated heterocycles. The van der Waals surface area contributed by atoms with Gasteiger partial charge in [0.05, 0.1) is 10.6 Å². The first-order valence-electron chi connectivity index (χ1n) is 10.9. The smallest absolute Gasteiger partial charge is 0.267 e. The zero-order valence-electron chi connectivity index (χ0n) is 18.3. The highest BCUT2D eigenvalue weighted by Crippen LogP contribution is 2.33. The van der Waals surface area contributed by atoms with Crippen LogP contribution < -0.4 is 9.64 Å². The van der Waals surface area contributed by atoms with Gasteiger partial charge in [0, 0.05) is 39.1 Å². The van der Waals surface area contributed by atoms with E-state index in [0.717, 1.165) is 12.1 Å². The fourth-order valence-corrected chi connectivity index (χ4v) is 5.56. The molecule has 0 bridgehead atoms. The molecule has 8 nitrogen and oxygen atoms in total. The van der Waals surface area contributed by atoms with Crippen LogP contribution in [-0.2, 0) is 19.6 Å². The number of halogens is 1. The van der Waals surface area contributed by atoms with Gasteiger partial charge >= 0.3 is 0 Å². The highest BCUT2D eigenvalue weighted by atomic mass is 32.2. The molecule has 2 aromatic rings. The Labute approximate surface area is 192 Å². The highest BCUT2D eigenvalue weighted by Gasteiger charge is 2.32. The molecule has 4 rings (SSSR count). The predicted molar refractivity (Wildman–Crippen MR) is 120 cm³/mol. The average Bonchev–Trinajstić information content (AvgIpc) is 3.06. The largest absolute Gasteiger partial charge is 0.479 e. The zero-order valence-corrected chi connectivity index (χ0v) is 19.1. The first-order chi connectivity index (χ1) is 15.8. The molecule has 0 aromatic heterocycles. The fraction of sp³-hybridized carbons (Fsp3) is 0.391. The van der Waals surface area contributed by atoms with Crippen molar-refractivity contribution in [2.75, 3.05) is 37.6 Å². The number of hydrogen-bond acceptors (Lipinski definition) is 5. The number of amides is 2. The number of sulfonamides is 1. The van der Waals surface area contributed by atoms with Gasteiger partial charge in [0.1, 0.15) is 11.6 Å². The Kier molecular flexibility index (Phi) is 6.66. The summed E-state index contributed by atoms with van der Waals surface area (Å²) in [6, 6.07) is 11.9. The molecule has 176 valence electrons. The molecule has 2 aliphatic heterocycles. The lowest BCUT2D eigenvalue weighted by molar-refractivity contribution is -0.131. The molecule has 2 aliphatic rings. The molecule has 2 aromatic carbocycles. The zero-order chi connectivity index (χ0) is 23.6. The van der Waals surface area contributed by atoms with E-state index in [1.165, 1.54) is 16.4 Å². The van der Waals surface area contributed by atoms with Gasteiger partial charge in [0.15, 0.2) is 6.10 Å². The van der Waals surface area contributed by atoms with Crippen LogP contribution in [0.15, 0.2) is 53.4 Å². The Morgan fingerprint density at radius 3 is 2.55 bits per heavy atom. The number of hydrogen-bond donors (Lipinski definition) is 0. The molecule has 0 radical (unpaired) electrons. The summed E-state index contributed by atoms with van der Waals surface area (Å²) in [4.78, 5) is 28.8. The molecule has 1 atom stereocenters. The lowest BCUT2D eigenvalue weighted by atomic mass is 10.1. The Morgan fingerprint density at radius 1 is 1.06 bits per heavy atom. The average molecular weight is 476 g/mol. The van der Waals surface area contributed by atoms with Crippen LogP contribution in [0, 0.1) is 5.82 Å². The molecule has 10 heteroatoms. The van der Waals surface area contributed by atoms with Crippen molar-refractivity contribution >= 4 is 27.5 Å². The van der Waals surface area contributed by atoms with Crippen molar-refractivity contribution < 1.29 is 27.1 Å². The second kappa shape index (κ2) is 9.48. The minimum absolute atomic E-state index is 0.0299. The van der Waals surface area contributed by atoms with Crippen LogP contribution in [0.4, 0.5) is 10.1 Å². The second-order valence-electron chi connectivity index (χ2n) is 8.06. The van der Waals surface area contributed by atoms with Crippen molar-refractivity contribution in [3.05, 3.63) is 54.3 Å². The van der Waals surface area contributed by atoms with Gasteiger partial charge < -0.3 is 14.5 Å². The molecule has 0 aliphatic carbocycles. The van der Waals surface area contributed by atoms with Crippen LogP contribution in [-0.4, -0.2) is 68.3 Å². The third kappa shape index (κ3) is 4.86. The summed E-state index contributed by atoms with van der Waals surface area (Å²) >= 11 is 0. The number of carbonyl (C=O) groups is 2. The lowest BCUT2D eigenvalue weighted by Gasteiger charge is -2.33. The number of nitrogens with zero attached hydrogens (tertiary/aromatic N) is 3. The summed E-state index contributed by atoms with van der Waals surface area (Å²) < 4.78 is 45.9. The Morgan fingerprint density at radius 2 is 1.79 bits per heavy atom. The predicted octanol–water partition coefficient (Wildman–Crippen LogP) is 2.25. The summed E-state index contributed by atoms with van der Waals surface area (Å²) in [6.07, 6.45) is -0.0153. The summed E-state index contributed by atoms with van der Waals surface area (Å²) in [6.45, 7) is 3.01. The topological polar surface area (TPSA) is 87.2 Å². The minimum atomic E-state index is -3.77. The Bertz CT molecular complexity index is 1140. The van der Waals surface area contributed by atoms with Crippen molar-refractivity contribution in [1.82, 2.24) is 9.21 Å². The van der Waals surface area contributed by atoms with Crippen molar-refractivity contribution in [3.8, 4) is 5.75 Å². The normalized spacial score (nSPS) is 19.6. The Hall–Kier alpha value is -2.98. The van der Waals surface area contributed by atoms with E-state index in [1.807, 2.05) is 12.1 Å². The summed E-state index contributed by atoms with van der Waals surface area (Å²) in [5.74, 6) is -0.236. The number of rotatable bonds is 5. The molecule has 2 heterocycles. The van der Waals surface area contributed by atoms with Crippen LogP contribution in [0.25, 0.3) is 0 Å². The number of fused-ring (bicyclic) bond motifs is 1. The van der Waals surface area contributed by atoms with Crippen LogP contribution >= 0.6 is 0 Å². The monoisotopic (exact) mass is 475 g/mol. The van der Waals surface area contributed by atoms with Crippen molar-refractivity contribution in [2.45, 2.75) is 30.8 Å². The molecule has 0 saturated carbocycles. The second-order valence-corrected chi connectivity index (χ2v) is 10.00. The molecular weight excluding hydrogens is 449 g/mol. The van der Waals surface area contributed by atoms with E-state index >= 15 is 0 Å². The van der Waals surface area contributed by atoms with Crippen molar-refractivity contribution in [3.63, 3.8) is 0 Å². The molecule has 1 fully saturated rings. The van der Waals surface area contributed by atoms with Crippen LogP contribution in [0.5, 0.6) is 5.75 Å². The van der Waals surface area contributed by atoms with E-state index in [4.69, 9.17) is 4.74 Å². The third-order valence-electron chi connectivity index (χ3n) is 5.88. The van der Waals surface area contributed by atoms with E-state index in [9.17, 15) is 22.4 Å². The number of ether oxygens (including phenoxy) is 1. The number of para-hydroxylation sites is 2. The van der Waals surface area contributed by atoms with Crippen LogP contribution in [0.1, 0.15) is 19.8 Å². The van der Waals surface area contributed by atoms with Gasteiger partial charge in [-0.3, -0.25) is 9.59 Å². The molecule has 0 N–H and O–H groups in total. The molecule has 0 spiro atoms. The van der Waals surface area contributed by atoms with Crippen LogP contribution in [0.2, 0.25) is 0 Å². The van der Waals surface area contributed by atoms with E-state index in [0.29, 0.717) is 24.4 Å². The number of carbonyl (C=O) groups excluding carboxylic acids is 2. The quantitative estimate of drug-likeness (QED) is 0.662. The van der Waals surface area contributed by atoms with E-state index in [1.54, 1.807) is 28.9 Å². The molecule has 2 amide bonds. The summed E-state index contributed by atoms with van der Waals surface area (Å²) in [5, 5.41) is 0. The maximum absolute atomic E-state index is 13.2. The molecule has 0 unspecified atom stereocenters. The summed E-state index contributed by atoms with van der Waals surface area (Å²) in [5.41, 5.74) is 0.640. The van der Waals surface area contributed by atoms with Gasteiger partial charge in [0.25, 0.3) is 5.91 Å². The maximum atomic E-state index is 13.2. The van der Waals surface area contributed by atoms with E-state index in [2.05, 4.69) is 0 Å². The SMILES string of the molecule is C[C@H]1Oc2ccccc2N(CCC(=O)N2CCCN(S(=O)(=O)c3ccc(F)cc3)CC2)C1=O. The van der Waals surface area contributed by atoms with Crippen LogP contribution in [0.3, 0.4) is 0 Å². The fourth-order valence-electron chi connectivity index (χ4n) is 4.09. The van der Waals surface area contributed by atoms with Crippen molar-refractivity contribution in [2.24, 2.45) is 0 Å². The highest BCUT2D eigenvalue weighted by molar-refractivity contribution is 7.89. The number of anilines is 1. The van der Waals surface area contributed by atoms with Crippen molar-refractivity contribution in [1.29, 1.82) is 0 Å². The third-order valence-corrected chi connectivity index (χ3v) is 7.79. The Balaban J connectivity index is 1.38. The molecule has 33 heavy (non-hydrogen) atoms. The van der Waals surface area contributed by atoms with Gasteiger partial charge in [-0.15, -0.1) is 0 Å². The molecular formula is C23H26FN3O5S. The van der Waals surface area contributed by atoms with Gasteiger partial charge in [-0.25, -0.2) is 12.8 Å². The van der Waals surface area contributed by atoms with Gasteiger partial charge in [-0.2, -0.15) is 4.31 Å². The first kappa shape index (κ1) is 23.2. The minimum Gasteiger partial charge on any atom is -0.479 e. The standard InChI is InChI=1S/C23H26FN3O5S/c1-17-23(29)27(20-5-2-3-6-21(20)32-17)14-11-22(28)25-12-4-13-26(16-15-25)33(30,31)19-9-7-18(24)8-10-19/h2-3,5-10,17H,4,11-16H2,1H3/t17-/m1/s1. The van der Waals surface area contributed by atoms with E-state index in [-0.39, 0.29) is 49.3 Å². The van der Waals surface area contributed by atoms with Gasteiger partial charge in [-0.1, -0.05) is 12.1 Å². The number of benzene rings is 2.